The lowest BCUT2D eigenvalue weighted by atomic mass is 10.2. The number of amides is 1. The van der Waals surface area contributed by atoms with Gasteiger partial charge in [0.1, 0.15) is 0 Å². The van der Waals surface area contributed by atoms with Crippen LogP contribution in [0.5, 0.6) is 5.88 Å². The van der Waals surface area contributed by atoms with E-state index in [1.54, 1.807) is 19.9 Å². The number of hydrogen-bond acceptors (Lipinski definition) is 4. The number of carboxylic acid groups (broad SMARTS) is 1. The predicted molar refractivity (Wildman–Crippen MR) is 69.6 cm³/mol. The molecule has 1 aromatic rings. The SMILES string of the molecule is CCOc1ccc(Cl)c(C(=O)N[C@H](C)CC(=O)O)n1. The van der Waals surface area contributed by atoms with Crippen LogP contribution in [0.4, 0.5) is 0 Å². The first-order chi connectivity index (χ1) is 8.93. The Bertz CT molecular complexity index is 479. The van der Waals surface area contributed by atoms with Gasteiger partial charge in [-0.25, -0.2) is 4.98 Å². The molecule has 0 aliphatic heterocycles. The van der Waals surface area contributed by atoms with Gasteiger partial charge in [0.25, 0.3) is 5.91 Å². The quantitative estimate of drug-likeness (QED) is 0.831. The van der Waals surface area contributed by atoms with Crippen molar-refractivity contribution in [2.75, 3.05) is 6.61 Å². The monoisotopic (exact) mass is 286 g/mol. The van der Waals surface area contributed by atoms with Crippen LogP contribution in [0.3, 0.4) is 0 Å². The summed E-state index contributed by atoms with van der Waals surface area (Å²) in [6, 6.07) is 2.55. The molecule has 7 heteroatoms. The Hall–Kier alpha value is -1.82. The van der Waals surface area contributed by atoms with Gasteiger partial charge in [0.05, 0.1) is 18.1 Å². The fourth-order valence-electron chi connectivity index (χ4n) is 1.42. The summed E-state index contributed by atoms with van der Waals surface area (Å²) in [4.78, 5) is 26.4. The van der Waals surface area contributed by atoms with Crippen molar-refractivity contribution in [3.05, 3.63) is 22.8 Å². The summed E-state index contributed by atoms with van der Waals surface area (Å²) >= 11 is 5.89. The van der Waals surface area contributed by atoms with Gasteiger partial charge in [0.15, 0.2) is 5.69 Å². The highest BCUT2D eigenvalue weighted by Crippen LogP contribution is 2.18. The van der Waals surface area contributed by atoms with Crippen molar-refractivity contribution in [3.63, 3.8) is 0 Å². The molecule has 19 heavy (non-hydrogen) atoms. The topological polar surface area (TPSA) is 88.5 Å². The Kier molecular flexibility index (Phi) is 5.57. The molecule has 0 unspecified atom stereocenters. The smallest absolute Gasteiger partial charge is 0.305 e. The van der Waals surface area contributed by atoms with E-state index in [4.69, 9.17) is 21.4 Å². The number of aliphatic carboxylic acids is 1. The fraction of sp³-hybridized carbons (Fsp3) is 0.417. The Morgan fingerprint density at radius 1 is 1.53 bits per heavy atom. The second-order valence-corrected chi connectivity index (χ2v) is 4.29. The van der Waals surface area contributed by atoms with Gasteiger partial charge < -0.3 is 15.2 Å². The van der Waals surface area contributed by atoms with E-state index >= 15 is 0 Å². The summed E-state index contributed by atoms with van der Waals surface area (Å²) in [7, 11) is 0. The van der Waals surface area contributed by atoms with E-state index in [0.29, 0.717) is 12.5 Å². The molecule has 2 N–H and O–H groups in total. The minimum Gasteiger partial charge on any atom is -0.481 e. The molecule has 104 valence electrons. The molecule has 0 aliphatic rings. The number of hydrogen-bond donors (Lipinski definition) is 2. The molecule has 0 saturated carbocycles. The molecule has 0 radical (unpaired) electrons. The number of nitrogens with zero attached hydrogens (tertiary/aromatic N) is 1. The summed E-state index contributed by atoms with van der Waals surface area (Å²) in [6.45, 7) is 3.81. The van der Waals surface area contributed by atoms with E-state index < -0.39 is 17.9 Å². The zero-order valence-electron chi connectivity index (χ0n) is 10.6. The van der Waals surface area contributed by atoms with Crippen LogP contribution >= 0.6 is 11.6 Å². The van der Waals surface area contributed by atoms with E-state index in [0.717, 1.165) is 0 Å². The molecular formula is C12H15ClN2O4. The van der Waals surface area contributed by atoms with Gasteiger partial charge >= 0.3 is 5.97 Å². The number of carbonyl (C=O) groups is 2. The van der Waals surface area contributed by atoms with E-state index in [-0.39, 0.29) is 17.1 Å². The maximum atomic E-state index is 11.9. The minimum atomic E-state index is -0.991. The minimum absolute atomic E-state index is 0.0184. The third kappa shape index (κ3) is 4.75. The van der Waals surface area contributed by atoms with Gasteiger partial charge in [0, 0.05) is 12.1 Å². The van der Waals surface area contributed by atoms with Gasteiger partial charge in [-0.05, 0) is 19.9 Å². The van der Waals surface area contributed by atoms with Crippen molar-refractivity contribution in [1.29, 1.82) is 0 Å². The second-order valence-electron chi connectivity index (χ2n) is 3.89. The first-order valence-corrected chi connectivity index (χ1v) is 6.13. The number of carbonyl (C=O) groups excluding carboxylic acids is 1. The summed E-state index contributed by atoms with van der Waals surface area (Å²) in [5.41, 5.74) is 0.0184. The Morgan fingerprint density at radius 2 is 2.21 bits per heavy atom. The number of ether oxygens (including phenoxy) is 1. The first kappa shape index (κ1) is 15.2. The van der Waals surface area contributed by atoms with Gasteiger partial charge in [-0.2, -0.15) is 0 Å². The van der Waals surface area contributed by atoms with E-state index in [1.165, 1.54) is 6.07 Å². The zero-order chi connectivity index (χ0) is 14.4. The number of nitrogens with one attached hydrogen (secondary N) is 1. The van der Waals surface area contributed by atoms with Gasteiger partial charge in [0.2, 0.25) is 5.88 Å². The Balaban J connectivity index is 2.80. The summed E-state index contributed by atoms with van der Waals surface area (Å²) < 4.78 is 5.18. The van der Waals surface area contributed by atoms with Crippen LogP contribution in [0.1, 0.15) is 30.8 Å². The van der Waals surface area contributed by atoms with Crippen LogP contribution in [0, 0.1) is 0 Å². The number of aromatic nitrogens is 1. The normalized spacial score (nSPS) is 11.7. The average Bonchev–Trinajstić information content (AvgIpc) is 2.30. The molecule has 0 bridgehead atoms. The van der Waals surface area contributed by atoms with Crippen LogP contribution in [0.15, 0.2) is 12.1 Å². The molecule has 1 atom stereocenters. The lowest BCUT2D eigenvalue weighted by Crippen LogP contribution is -2.34. The van der Waals surface area contributed by atoms with Gasteiger partial charge in [-0.1, -0.05) is 11.6 Å². The first-order valence-electron chi connectivity index (χ1n) is 5.76. The largest absolute Gasteiger partial charge is 0.481 e. The lowest BCUT2D eigenvalue weighted by molar-refractivity contribution is -0.137. The molecular weight excluding hydrogens is 272 g/mol. The van der Waals surface area contributed by atoms with Crippen molar-refractivity contribution in [2.24, 2.45) is 0 Å². The average molecular weight is 287 g/mol. The van der Waals surface area contributed by atoms with Gasteiger partial charge in [-0.3, -0.25) is 9.59 Å². The highest BCUT2D eigenvalue weighted by molar-refractivity contribution is 6.33. The van der Waals surface area contributed by atoms with Crippen molar-refractivity contribution in [3.8, 4) is 5.88 Å². The maximum Gasteiger partial charge on any atom is 0.305 e. The van der Waals surface area contributed by atoms with Crippen LogP contribution < -0.4 is 10.1 Å². The van der Waals surface area contributed by atoms with Crippen molar-refractivity contribution in [2.45, 2.75) is 26.3 Å². The highest BCUT2D eigenvalue weighted by atomic mass is 35.5. The zero-order valence-corrected chi connectivity index (χ0v) is 11.4. The lowest BCUT2D eigenvalue weighted by Gasteiger charge is -2.12. The molecule has 1 rings (SSSR count). The molecule has 0 aromatic carbocycles. The van der Waals surface area contributed by atoms with E-state index in [2.05, 4.69) is 10.3 Å². The number of carboxylic acids is 1. The summed E-state index contributed by atoms with van der Waals surface area (Å²) in [6.07, 6.45) is -0.172. The molecule has 0 spiro atoms. The highest BCUT2D eigenvalue weighted by Gasteiger charge is 2.17. The molecule has 6 nitrogen and oxygen atoms in total. The third-order valence-corrected chi connectivity index (χ3v) is 2.49. The molecule has 0 saturated heterocycles. The van der Waals surface area contributed by atoms with Crippen LogP contribution in [0.25, 0.3) is 0 Å². The predicted octanol–water partition coefficient (Wildman–Crippen LogP) is 1.73. The van der Waals surface area contributed by atoms with Crippen molar-refractivity contribution < 1.29 is 19.4 Å². The summed E-state index contributed by atoms with van der Waals surface area (Å²) in [5.74, 6) is -1.22. The van der Waals surface area contributed by atoms with Crippen molar-refractivity contribution in [1.82, 2.24) is 10.3 Å². The maximum absolute atomic E-state index is 11.9. The van der Waals surface area contributed by atoms with Gasteiger partial charge in [-0.15, -0.1) is 0 Å². The second kappa shape index (κ2) is 6.94. The van der Waals surface area contributed by atoms with Crippen LogP contribution in [-0.2, 0) is 4.79 Å². The molecule has 0 fully saturated rings. The van der Waals surface area contributed by atoms with Crippen LogP contribution in [0.2, 0.25) is 5.02 Å². The summed E-state index contributed by atoms with van der Waals surface area (Å²) in [5, 5.41) is 11.3. The molecule has 1 amide bonds. The fourth-order valence-corrected chi connectivity index (χ4v) is 1.61. The molecule has 1 heterocycles. The Morgan fingerprint density at radius 3 is 2.79 bits per heavy atom. The molecule has 0 aliphatic carbocycles. The standard InChI is InChI=1S/C12H15ClN2O4/c1-3-19-9-5-4-8(13)11(15-9)12(18)14-7(2)6-10(16)17/h4-5,7H,3,6H2,1-2H3,(H,14,18)(H,16,17)/t7-/m1/s1. The molecule has 1 aromatic heterocycles. The number of rotatable bonds is 6. The number of halogens is 1. The van der Waals surface area contributed by atoms with E-state index in [1.807, 2.05) is 0 Å². The number of pyridine rings is 1. The Labute approximate surface area is 115 Å². The van der Waals surface area contributed by atoms with Crippen molar-refractivity contribution >= 4 is 23.5 Å². The van der Waals surface area contributed by atoms with E-state index in [9.17, 15) is 9.59 Å². The third-order valence-electron chi connectivity index (χ3n) is 2.19. The van der Waals surface area contributed by atoms with Crippen LogP contribution in [-0.4, -0.2) is 34.6 Å².